The second-order valence-electron chi connectivity index (χ2n) is 4.09. The molecule has 0 radical (unpaired) electrons. The van der Waals surface area contributed by atoms with E-state index in [-0.39, 0.29) is 0 Å². The molecule has 0 amide bonds. The molecule has 0 spiro atoms. The molecule has 0 bridgehead atoms. The summed E-state index contributed by atoms with van der Waals surface area (Å²) in [5.41, 5.74) is 0.966. The number of aromatic nitrogens is 3. The highest BCUT2D eigenvalue weighted by Crippen LogP contribution is 2.26. The Morgan fingerprint density at radius 3 is 2.95 bits per heavy atom. The minimum absolute atomic E-state index is 0.371. The van der Waals surface area contributed by atoms with E-state index in [0.29, 0.717) is 18.2 Å². The lowest BCUT2D eigenvalue weighted by Crippen LogP contribution is -2.14. The topological polar surface area (TPSA) is 52.0 Å². The van der Waals surface area contributed by atoms with Gasteiger partial charge in [-0.3, -0.25) is 4.68 Å². The van der Waals surface area contributed by atoms with E-state index in [1.807, 2.05) is 25.2 Å². The molecule has 0 aliphatic heterocycles. The smallest absolute Gasteiger partial charge is 0.164 e. The van der Waals surface area contributed by atoms with Crippen LogP contribution in [0.5, 0.6) is 5.75 Å². The van der Waals surface area contributed by atoms with E-state index in [1.54, 1.807) is 4.68 Å². The predicted molar refractivity (Wildman–Crippen MR) is 74.2 cm³/mol. The van der Waals surface area contributed by atoms with Crippen molar-refractivity contribution in [3.8, 4) is 5.75 Å². The van der Waals surface area contributed by atoms with E-state index in [0.717, 1.165) is 23.7 Å². The Morgan fingerprint density at radius 2 is 2.26 bits per heavy atom. The summed E-state index contributed by atoms with van der Waals surface area (Å²) in [5.74, 6) is 1.55. The highest BCUT2D eigenvalue weighted by molar-refractivity contribution is 6.31. The van der Waals surface area contributed by atoms with Crippen LogP contribution in [0.25, 0.3) is 0 Å². The van der Waals surface area contributed by atoms with Crippen LogP contribution in [0.15, 0.2) is 24.5 Å². The second-order valence-corrected chi connectivity index (χ2v) is 4.49. The van der Waals surface area contributed by atoms with Crippen LogP contribution in [0.1, 0.15) is 18.3 Å². The molecule has 1 N–H and O–H groups in total. The average molecular weight is 281 g/mol. The monoisotopic (exact) mass is 280 g/mol. The van der Waals surface area contributed by atoms with Crippen LogP contribution in [0.4, 0.5) is 0 Å². The molecule has 0 fully saturated rings. The summed E-state index contributed by atoms with van der Waals surface area (Å²) in [6, 6.07) is 5.65. The van der Waals surface area contributed by atoms with Gasteiger partial charge in [-0.15, -0.1) is 0 Å². The van der Waals surface area contributed by atoms with Crippen molar-refractivity contribution in [3.05, 3.63) is 40.9 Å². The van der Waals surface area contributed by atoms with Crippen LogP contribution in [-0.2, 0) is 20.2 Å². The van der Waals surface area contributed by atoms with E-state index < -0.39 is 0 Å². The van der Waals surface area contributed by atoms with Crippen LogP contribution in [-0.4, -0.2) is 21.3 Å². The third kappa shape index (κ3) is 3.45. The molecule has 0 aliphatic rings. The molecule has 19 heavy (non-hydrogen) atoms. The highest BCUT2D eigenvalue weighted by Gasteiger charge is 2.09. The summed E-state index contributed by atoms with van der Waals surface area (Å²) in [4.78, 5) is 4.12. The van der Waals surface area contributed by atoms with E-state index in [1.165, 1.54) is 6.33 Å². The first-order valence-corrected chi connectivity index (χ1v) is 6.54. The van der Waals surface area contributed by atoms with Gasteiger partial charge in [-0.2, -0.15) is 5.10 Å². The zero-order chi connectivity index (χ0) is 13.7. The van der Waals surface area contributed by atoms with Gasteiger partial charge >= 0.3 is 0 Å². The van der Waals surface area contributed by atoms with Crippen molar-refractivity contribution in [2.24, 2.45) is 7.05 Å². The number of rotatable bonds is 6. The van der Waals surface area contributed by atoms with Crippen LogP contribution < -0.4 is 10.1 Å². The van der Waals surface area contributed by atoms with Crippen molar-refractivity contribution in [2.75, 3.05) is 6.54 Å². The van der Waals surface area contributed by atoms with Gasteiger partial charge in [0.1, 0.15) is 18.7 Å². The molecular weight excluding hydrogens is 264 g/mol. The first-order valence-electron chi connectivity index (χ1n) is 6.16. The van der Waals surface area contributed by atoms with Crippen LogP contribution >= 0.6 is 11.6 Å². The van der Waals surface area contributed by atoms with Gasteiger partial charge in [0.15, 0.2) is 5.82 Å². The summed E-state index contributed by atoms with van der Waals surface area (Å²) in [6.07, 6.45) is 1.51. The molecule has 6 heteroatoms. The number of benzene rings is 1. The maximum Gasteiger partial charge on any atom is 0.164 e. The standard InChI is InChI=1S/C13H17ClN4O/c1-3-15-7-10-11(14)5-4-6-12(10)19-8-13-16-9-17-18(13)2/h4-6,9,15H,3,7-8H2,1-2H3. The lowest BCUT2D eigenvalue weighted by molar-refractivity contribution is 0.286. The summed E-state index contributed by atoms with van der Waals surface area (Å²) in [5, 5.41) is 7.96. The van der Waals surface area contributed by atoms with Gasteiger partial charge in [-0.1, -0.05) is 24.6 Å². The molecule has 0 atom stereocenters. The number of nitrogens with one attached hydrogen (secondary N) is 1. The number of ether oxygens (including phenoxy) is 1. The zero-order valence-corrected chi connectivity index (χ0v) is 11.8. The summed E-state index contributed by atoms with van der Waals surface area (Å²) in [7, 11) is 1.84. The third-order valence-electron chi connectivity index (χ3n) is 2.79. The maximum atomic E-state index is 6.20. The lowest BCUT2D eigenvalue weighted by Gasteiger charge is -2.13. The van der Waals surface area contributed by atoms with Crippen LogP contribution in [0.2, 0.25) is 5.02 Å². The van der Waals surface area contributed by atoms with Gasteiger partial charge in [0.2, 0.25) is 0 Å². The molecule has 2 rings (SSSR count). The van der Waals surface area contributed by atoms with Crippen LogP contribution in [0, 0.1) is 0 Å². The molecular formula is C13H17ClN4O. The number of aryl methyl sites for hydroxylation is 1. The predicted octanol–water partition coefficient (Wildman–Crippen LogP) is 2.16. The number of hydrogen-bond acceptors (Lipinski definition) is 4. The normalized spacial score (nSPS) is 10.7. The van der Waals surface area contributed by atoms with Crippen molar-refractivity contribution in [2.45, 2.75) is 20.1 Å². The van der Waals surface area contributed by atoms with Crippen molar-refractivity contribution in [1.29, 1.82) is 0 Å². The van der Waals surface area contributed by atoms with Crippen molar-refractivity contribution in [3.63, 3.8) is 0 Å². The molecule has 5 nitrogen and oxygen atoms in total. The summed E-state index contributed by atoms with van der Waals surface area (Å²) >= 11 is 6.20. The van der Waals surface area contributed by atoms with Gasteiger partial charge in [0.05, 0.1) is 0 Å². The molecule has 0 saturated carbocycles. The van der Waals surface area contributed by atoms with Gasteiger partial charge < -0.3 is 10.1 Å². The van der Waals surface area contributed by atoms with Gasteiger partial charge in [-0.25, -0.2) is 4.98 Å². The van der Waals surface area contributed by atoms with E-state index >= 15 is 0 Å². The Bertz CT molecular complexity index is 541. The fraction of sp³-hybridized carbons (Fsp3) is 0.385. The Hall–Kier alpha value is -1.59. The Balaban J connectivity index is 2.11. The minimum atomic E-state index is 0.371. The first kappa shape index (κ1) is 13.8. The number of halogens is 1. The zero-order valence-electron chi connectivity index (χ0n) is 11.1. The van der Waals surface area contributed by atoms with Crippen molar-refractivity contribution < 1.29 is 4.74 Å². The highest BCUT2D eigenvalue weighted by atomic mass is 35.5. The fourth-order valence-electron chi connectivity index (χ4n) is 1.69. The Labute approximate surface area is 117 Å². The fourth-order valence-corrected chi connectivity index (χ4v) is 1.92. The number of nitrogens with zero attached hydrogens (tertiary/aromatic N) is 3. The summed E-state index contributed by atoms with van der Waals surface area (Å²) < 4.78 is 7.48. The Kier molecular flexibility index (Phi) is 4.76. The molecule has 1 aromatic heterocycles. The SMILES string of the molecule is CCNCc1c(Cl)cccc1OCc1ncnn1C. The molecule has 102 valence electrons. The van der Waals surface area contributed by atoms with Crippen molar-refractivity contribution >= 4 is 11.6 Å². The molecule has 0 unspecified atom stereocenters. The quantitative estimate of drug-likeness (QED) is 0.881. The summed E-state index contributed by atoms with van der Waals surface area (Å²) in [6.45, 7) is 3.99. The van der Waals surface area contributed by atoms with Gasteiger partial charge in [-0.05, 0) is 18.7 Å². The number of hydrogen-bond donors (Lipinski definition) is 1. The first-order chi connectivity index (χ1) is 9.22. The molecule has 1 heterocycles. The van der Waals surface area contributed by atoms with Gasteiger partial charge in [0, 0.05) is 24.2 Å². The average Bonchev–Trinajstić information content (AvgIpc) is 2.81. The van der Waals surface area contributed by atoms with Gasteiger partial charge in [0.25, 0.3) is 0 Å². The van der Waals surface area contributed by atoms with Crippen molar-refractivity contribution in [1.82, 2.24) is 20.1 Å². The van der Waals surface area contributed by atoms with E-state index in [2.05, 4.69) is 22.3 Å². The molecule has 0 aliphatic carbocycles. The molecule has 1 aromatic carbocycles. The van der Waals surface area contributed by atoms with E-state index in [9.17, 15) is 0 Å². The Morgan fingerprint density at radius 1 is 1.42 bits per heavy atom. The van der Waals surface area contributed by atoms with E-state index in [4.69, 9.17) is 16.3 Å². The molecule has 2 aromatic rings. The molecule has 0 saturated heterocycles. The minimum Gasteiger partial charge on any atom is -0.485 e. The second kappa shape index (κ2) is 6.54. The maximum absolute atomic E-state index is 6.20. The largest absolute Gasteiger partial charge is 0.485 e. The van der Waals surface area contributed by atoms with Crippen LogP contribution in [0.3, 0.4) is 0 Å². The third-order valence-corrected chi connectivity index (χ3v) is 3.14. The lowest BCUT2D eigenvalue weighted by atomic mass is 10.2.